The fraction of sp³-hybridized carbons (Fsp3) is 0.235. The van der Waals surface area contributed by atoms with E-state index in [1.807, 2.05) is 24.3 Å². The Kier molecular flexibility index (Phi) is 8.30. The first-order chi connectivity index (χ1) is 12.0. The van der Waals surface area contributed by atoms with E-state index in [1.165, 1.54) is 6.33 Å². The van der Waals surface area contributed by atoms with E-state index in [0.29, 0.717) is 5.69 Å². The molecular weight excluding hydrogens is 393 g/mol. The van der Waals surface area contributed by atoms with Gasteiger partial charge in [-0.15, -0.1) is 24.8 Å². The molecule has 1 amide bonds. The van der Waals surface area contributed by atoms with Crippen LogP contribution in [0.1, 0.15) is 11.3 Å². The van der Waals surface area contributed by atoms with Crippen LogP contribution in [-0.2, 0) is 22.4 Å². The molecule has 0 aliphatic heterocycles. The molecule has 0 saturated carbocycles. The van der Waals surface area contributed by atoms with Crippen molar-refractivity contribution in [1.29, 1.82) is 0 Å². The number of nitrogens with zero attached hydrogens (tertiary/aromatic N) is 1. The molecule has 0 aliphatic carbocycles. The standard InChI is InChI=1S/C17H19N5O3.2ClH/c18-13(6-11-8-19-9-21-11)16(23)22-15(17(24)25)5-10-7-20-14-4-2-1-3-12(10)14;;/h1-4,7-9,13,15,20H,5-6,18H2,(H,19,21)(H,22,23)(H,24,25);2*1H/t13-,15-;;/m0../s1. The van der Waals surface area contributed by atoms with Gasteiger partial charge in [-0.2, -0.15) is 0 Å². The monoisotopic (exact) mass is 413 g/mol. The number of hydrogen-bond acceptors (Lipinski definition) is 4. The second-order valence-electron chi connectivity index (χ2n) is 5.85. The molecule has 27 heavy (non-hydrogen) atoms. The summed E-state index contributed by atoms with van der Waals surface area (Å²) in [4.78, 5) is 33.6. The highest BCUT2D eigenvalue weighted by atomic mass is 35.5. The SMILES string of the molecule is Cl.Cl.N[C@@H](Cc1cnc[nH]1)C(=O)N[C@@H](Cc1c[nH]c2ccccc12)C(=O)O. The number of halogens is 2. The van der Waals surface area contributed by atoms with Gasteiger partial charge >= 0.3 is 5.97 Å². The summed E-state index contributed by atoms with van der Waals surface area (Å²) in [6.45, 7) is 0. The molecule has 0 aliphatic rings. The van der Waals surface area contributed by atoms with E-state index in [9.17, 15) is 14.7 Å². The van der Waals surface area contributed by atoms with Crippen LogP contribution in [0.3, 0.4) is 0 Å². The number of nitrogens with one attached hydrogen (secondary N) is 3. The molecule has 3 rings (SSSR count). The van der Waals surface area contributed by atoms with Crippen molar-refractivity contribution in [1.82, 2.24) is 20.3 Å². The summed E-state index contributed by atoms with van der Waals surface area (Å²) in [5.74, 6) is -1.62. The van der Waals surface area contributed by atoms with Crippen LogP contribution in [0.4, 0.5) is 0 Å². The molecule has 8 nitrogen and oxygen atoms in total. The Morgan fingerprint density at radius 3 is 2.59 bits per heavy atom. The van der Waals surface area contributed by atoms with Gasteiger partial charge in [0.15, 0.2) is 0 Å². The Labute approximate surface area is 167 Å². The van der Waals surface area contributed by atoms with E-state index in [0.717, 1.165) is 16.5 Å². The van der Waals surface area contributed by atoms with Crippen molar-refractivity contribution in [3.8, 4) is 0 Å². The molecule has 3 aromatic rings. The first-order valence-electron chi connectivity index (χ1n) is 7.85. The van der Waals surface area contributed by atoms with Crippen molar-refractivity contribution < 1.29 is 14.7 Å². The highest BCUT2D eigenvalue weighted by molar-refractivity contribution is 5.88. The van der Waals surface area contributed by atoms with Crippen LogP contribution in [-0.4, -0.2) is 44.0 Å². The lowest BCUT2D eigenvalue weighted by atomic mass is 10.0. The van der Waals surface area contributed by atoms with Crippen LogP contribution >= 0.6 is 24.8 Å². The number of carbonyl (C=O) groups excluding carboxylic acids is 1. The lowest BCUT2D eigenvalue weighted by molar-refractivity contribution is -0.141. The number of fused-ring (bicyclic) bond motifs is 1. The van der Waals surface area contributed by atoms with Crippen LogP contribution in [0.15, 0.2) is 43.0 Å². The van der Waals surface area contributed by atoms with Gasteiger partial charge in [0.25, 0.3) is 0 Å². The number of carboxylic acid groups (broad SMARTS) is 1. The smallest absolute Gasteiger partial charge is 0.326 e. The molecule has 0 saturated heterocycles. The Hall–Kier alpha value is -2.55. The van der Waals surface area contributed by atoms with Crippen LogP contribution in [0.5, 0.6) is 0 Å². The third kappa shape index (κ3) is 5.46. The second-order valence-corrected chi connectivity index (χ2v) is 5.85. The minimum Gasteiger partial charge on any atom is -0.480 e. The average Bonchev–Trinajstić information content (AvgIpc) is 3.24. The first kappa shape index (κ1) is 22.5. The number of carbonyl (C=O) groups is 2. The van der Waals surface area contributed by atoms with Crippen molar-refractivity contribution in [2.24, 2.45) is 5.73 Å². The van der Waals surface area contributed by atoms with E-state index in [1.54, 1.807) is 12.4 Å². The zero-order valence-corrected chi connectivity index (χ0v) is 15.8. The van der Waals surface area contributed by atoms with Crippen molar-refractivity contribution in [2.45, 2.75) is 24.9 Å². The minimum atomic E-state index is -1.10. The maximum absolute atomic E-state index is 12.2. The Morgan fingerprint density at radius 2 is 1.93 bits per heavy atom. The number of aromatic amines is 2. The molecular formula is C17H21Cl2N5O3. The van der Waals surface area contributed by atoms with Crippen molar-refractivity contribution >= 4 is 47.6 Å². The highest BCUT2D eigenvalue weighted by Crippen LogP contribution is 2.19. The number of imidazole rings is 1. The summed E-state index contributed by atoms with van der Waals surface area (Å²) in [6, 6.07) is 5.69. The molecule has 6 N–H and O–H groups in total. The molecule has 10 heteroatoms. The molecule has 0 radical (unpaired) electrons. The predicted octanol–water partition coefficient (Wildman–Crippen LogP) is 1.42. The van der Waals surface area contributed by atoms with Gasteiger partial charge < -0.3 is 26.1 Å². The summed E-state index contributed by atoms with van der Waals surface area (Å²) in [6.07, 6.45) is 5.26. The van der Waals surface area contributed by atoms with Gasteiger partial charge in [0.2, 0.25) is 5.91 Å². The lowest BCUT2D eigenvalue weighted by Crippen LogP contribution is -2.50. The second kappa shape index (κ2) is 9.96. The predicted molar refractivity (Wildman–Crippen MR) is 106 cm³/mol. The number of carboxylic acids is 1. The maximum Gasteiger partial charge on any atom is 0.326 e. The summed E-state index contributed by atoms with van der Waals surface area (Å²) < 4.78 is 0. The highest BCUT2D eigenvalue weighted by Gasteiger charge is 2.25. The molecule has 146 valence electrons. The summed E-state index contributed by atoms with van der Waals surface area (Å²) in [5, 5.41) is 12.9. The fourth-order valence-electron chi connectivity index (χ4n) is 2.73. The zero-order valence-electron chi connectivity index (χ0n) is 14.2. The number of rotatable bonds is 7. The normalized spacial score (nSPS) is 12.5. The Bertz CT molecular complexity index is 882. The molecule has 0 unspecified atom stereocenters. The van der Waals surface area contributed by atoms with E-state index in [4.69, 9.17) is 5.73 Å². The van der Waals surface area contributed by atoms with E-state index < -0.39 is 24.0 Å². The van der Waals surface area contributed by atoms with Gasteiger partial charge in [0, 0.05) is 41.8 Å². The van der Waals surface area contributed by atoms with Gasteiger partial charge in [-0.05, 0) is 11.6 Å². The Morgan fingerprint density at radius 1 is 1.19 bits per heavy atom. The molecule has 0 spiro atoms. The number of H-pyrrole nitrogens is 2. The van der Waals surface area contributed by atoms with E-state index in [-0.39, 0.29) is 37.7 Å². The number of aromatic nitrogens is 3. The van der Waals surface area contributed by atoms with Crippen molar-refractivity contribution in [3.63, 3.8) is 0 Å². The third-order valence-electron chi connectivity index (χ3n) is 4.04. The summed E-state index contributed by atoms with van der Waals surface area (Å²) in [7, 11) is 0. The topological polar surface area (TPSA) is 137 Å². The fourth-order valence-corrected chi connectivity index (χ4v) is 2.73. The average molecular weight is 414 g/mol. The molecule has 2 aromatic heterocycles. The van der Waals surface area contributed by atoms with Crippen LogP contribution in [0, 0.1) is 0 Å². The van der Waals surface area contributed by atoms with E-state index >= 15 is 0 Å². The number of amides is 1. The number of benzene rings is 1. The van der Waals surface area contributed by atoms with Crippen molar-refractivity contribution in [3.05, 3.63) is 54.2 Å². The Balaban J connectivity index is 0.00000182. The third-order valence-corrected chi connectivity index (χ3v) is 4.04. The molecule has 2 heterocycles. The van der Waals surface area contributed by atoms with Crippen LogP contribution < -0.4 is 11.1 Å². The van der Waals surface area contributed by atoms with Crippen LogP contribution in [0.25, 0.3) is 10.9 Å². The van der Waals surface area contributed by atoms with Gasteiger partial charge in [0.05, 0.1) is 12.4 Å². The number of hydrogen-bond donors (Lipinski definition) is 5. The zero-order chi connectivity index (χ0) is 17.8. The van der Waals surface area contributed by atoms with Gasteiger partial charge in [-0.3, -0.25) is 4.79 Å². The molecule has 1 aromatic carbocycles. The quantitative estimate of drug-likeness (QED) is 0.398. The van der Waals surface area contributed by atoms with Gasteiger partial charge in [-0.1, -0.05) is 18.2 Å². The van der Waals surface area contributed by atoms with Crippen molar-refractivity contribution in [2.75, 3.05) is 0 Å². The number of para-hydroxylation sites is 1. The first-order valence-corrected chi connectivity index (χ1v) is 7.85. The summed E-state index contributed by atoms with van der Waals surface area (Å²) >= 11 is 0. The minimum absolute atomic E-state index is 0. The molecule has 0 bridgehead atoms. The van der Waals surface area contributed by atoms with Gasteiger partial charge in [-0.25, -0.2) is 9.78 Å². The number of aliphatic carboxylic acids is 1. The largest absolute Gasteiger partial charge is 0.480 e. The molecule has 0 fully saturated rings. The lowest BCUT2D eigenvalue weighted by Gasteiger charge is -2.17. The van der Waals surface area contributed by atoms with Crippen LogP contribution in [0.2, 0.25) is 0 Å². The maximum atomic E-state index is 12.2. The van der Waals surface area contributed by atoms with E-state index in [2.05, 4.69) is 20.3 Å². The number of nitrogens with two attached hydrogens (primary N) is 1. The van der Waals surface area contributed by atoms with Gasteiger partial charge in [0.1, 0.15) is 6.04 Å². The summed E-state index contributed by atoms with van der Waals surface area (Å²) in [5.41, 5.74) is 8.32. The molecule has 2 atom stereocenters.